The first kappa shape index (κ1) is 66.6. The Hall–Kier alpha value is -3.41. The van der Waals surface area contributed by atoms with Gasteiger partial charge in [-0.2, -0.15) is 0 Å². The van der Waals surface area contributed by atoms with E-state index in [-0.39, 0.29) is 31.1 Å². The molecule has 0 amide bonds. The molecule has 1 unspecified atom stereocenters. The van der Waals surface area contributed by atoms with Crippen molar-refractivity contribution in [2.24, 2.45) is 0 Å². The highest BCUT2D eigenvalue weighted by molar-refractivity contribution is 5.71. The van der Waals surface area contributed by atoms with Crippen molar-refractivity contribution in [3.8, 4) is 0 Å². The highest BCUT2D eigenvalue weighted by Gasteiger charge is 2.19. The average Bonchev–Trinajstić information content (AvgIpc) is 3.36. The molecule has 0 N–H and O–H groups in total. The predicted octanol–water partition coefficient (Wildman–Crippen LogP) is 19.9. The van der Waals surface area contributed by atoms with Gasteiger partial charge in [-0.25, -0.2) is 0 Å². The minimum absolute atomic E-state index is 0.0858. The van der Waals surface area contributed by atoms with Gasteiger partial charge < -0.3 is 14.2 Å². The van der Waals surface area contributed by atoms with Crippen LogP contribution >= 0.6 is 0 Å². The molecule has 0 aliphatic heterocycles. The van der Waals surface area contributed by atoms with E-state index in [9.17, 15) is 14.4 Å². The lowest BCUT2D eigenvalue weighted by Gasteiger charge is -2.18. The molecule has 6 nitrogen and oxygen atoms in total. The van der Waals surface area contributed by atoms with Crippen LogP contribution in [0.25, 0.3) is 0 Å². The molecule has 70 heavy (non-hydrogen) atoms. The van der Waals surface area contributed by atoms with E-state index in [1.165, 1.54) is 141 Å². The normalized spacial score (nSPS) is 12.7. The Morgan fingerprint density at radius 1 is 0.314 bits per heavy atom. The highest BCUT2D eigenvalue weighted by Crippen LogP contribution is 2.16. The molecule has 0 aliphatic rings. The van der Waals surface area contributed by atoms with Gasteiger partial charge in [0.25, 0.3) is 0 Å². The second-order valence-corrected chi connectivity index (χ2v) is 19.6. The van der Waals surface area contributed by atoms with E-state index < -0.39 is 6.10 Å². The molecule has 0 saturated carbocycles. The van der Waals surface area contributed by atoms with E-state index in [0.717, 1.165) is 103 Å². The molecule has 6 heteroatoms. The predicted molar refractivity (Wildman–Crippen MR) is 302 cm³/mol. The van der Waals surface area contributed by atoms with Gasteiger partial charge in [0.2, 0.25) is 0 Å². The SMILES string of the molecule is CC/C=C\C/C=C\C/C=C\CCCCCCCCCCCC(=O)OCC(COC(=O)CCCCCCCCCCCCCCCCC)OC(=O)CCCCCCC\C=C/C=C\C=C/C=C\CCCCC. The average molecular weight is 976 g/mol. The maximum absolute atomic E-state index is 12.9. The van der Waals surface area contributed by atoms with Gasteiger partial charge in [-0.3, -0.25) is 14.4 Å². The molecule has 402 valence electrons. The van der Waals surface area contributed by atoms with Gasteiger partial charge >= 0.3 is 17.9 Å². The quantitative estimate of drug-likeness (QED) is 0.0199. The summed E-state index contributed by atoms with van der Waals surface area (Å²) in [6.45, 7) is 6.49. The molecule has 0 aromatic rings. The first-order valence-electron chi connectivity index (χ1n) is 29.6. The van der Waals surface area contributed by atoms with Crippen molar-refractivity contribution in [1.82, 2.24) is 0 Å². The van der Waals surface area contributed by atoms with Crippen LogP contribution in [-0.4, -0.2) is 37.2 Å². The van der Waals surface area contributed by atoms with Crippen LogP contribution < -0.4 is 0 Å². The van der Waals surface area contributed by atoms with Crippen LogP contribution in [0.4, 0.5) is 0 Å². The van der Waals surface area contributed by atoms with Crippen LogP contribution in [0.5, 0.6) is 0 Å². The van der Waals surface area contributed by atoms with Crippen LogP contribution in [0.3, 0.4) is 0 Å². The Bertz CT molecular complexity index is 1350. The molecule has 0 saturated heterocycles. The molecule has 0 fully saturated rings. The van der Waals surface area contributed by atoms with Gasteiger partial charge in [-0.05, 0) is 77.0 Å². The summed E-state index contributed by atoms with van der Waals surface area (Å²) in [4.78, 5) is 38.2. The summed E-state index contributed by atoms with van der Waals surface area (Å²) < 4.78 is 16.9. The number of unbranched alkanes of at least 4 members (excludes halogenated alkanes) is 31. The lowest BCUT2D eigenvalue weighted by Crippen LogP contribution is -2.30. The summed E-state index contributed by atoms with van der Waals surface area (Å²) in [5.41, 5.74) is 0. The Labute approximate surface area is 433 Å². The van der Waals surface area contributed by atoms with Crippen molar-refractivity contribution in [3.63, 3.8) is 0 Å². The minimum Gasteiger partial charge on any atom is -0.462 e. The van der Waals surface area contributed by atoms with E-state index in [1.807, 2.05) is 0 Å². The molecule has 1 atom stereocenters. The zero-order valence-electron chi connectivity index (χ0n) is 46.0. The van der Waals surface area contributed by atoms with Crippen molar-refractivity contribution in [2.75, 3.05) is 13.2 Å². The van der Waals surface area contributed by atoms with Crippen molar-refractivity contribution in [1.29, 1.82) is 0 Å². The van der Waals surface area contributed by atoms with Gasteiger partial charge in [0, 0.05) is 19.3 Å². The second-order valence-electron chi connectivity index (χ2n) is 19.6. The highest BCUT2D eigenvalue weighted by atomic mass is 16.6. The Morgan fingerprint density at radius 3 is 1.03 bits per heavy atom. The summed E-state index contributed by atoms with van der Waals surface area (Å²) in [5, 5.41) is 0. The molecule has 0 heterocycles. The first-order valence-corrected chi connectivity index (χ1v) is 29.6. The molecule has 0 bridgehead atoms. The number of carbonyl (C=O) groups excluding carboxylic acids is 3. The summed E-state index contributed by atoms with van der Waals surface area (Å²) in [7, 11) is 0. The summed E-state index contributed by atoms with van der Waals surface area (Å²) >= 11 is 0. The zero-order valence-corrected chi connectivity index (χ0v) is 46.0. The van der Waals surface area contributed by atoms with Gasteiger partial charge in [0.15, 0.2) is 6.10 Å². The monoisotopic (exact) mass is 975 g/mol. The smallest absolute Gasteiger partial charge is 0.306 e. The van der Waals surface area contributed by atoms with Gasteiger partial charge in [-0.1, -0.05) is 273 Å². The van der Waals surface area contributed by atoms with Gasteiger partial charge in [0.05, 0.1) is 0 Å². The summed E-state index contributed by atoms with van der Waals surface area (Å²) in [5.74, 6) is -0.905. The molecule has 0 aromatic carbocycles. The van der Waals surface area contributed by atoms with Crippen molar-refractivity contribution in [2.45, 2.75) is 290 Å². The summed E-state index contributed by atoms with van der Waals surface area (Å²) in [6.07, 6.45) is 75.6. The lowest BCUT2D eigenvalue weighted by molar-refractivity contribution is -0.167. The van der Waals surface area contributed by atoms with E-state index in [2.05, 4.69) is 106 Å². The number of allylic oxidation sites excluding steroid dienone is 14. The molecule has 0 aromatic heterocycles. The second kappa shape index (κ2) is 58.2. The molecular formula is C64H110O6. The standard InChI is InChI=1S/C64H110O6/c1-4-7-10-13-16-19-22-25-28-30-32-34-36-39-42-45-48-51-54-57-63(66)69-60-61(59-68-62(65)56-53-50-47-44-41-38-35-27-24-21-18-15-12-9-6-3)70-64(67)58-55-52-49-46-43-40-37-33-31-29-26-23-20-17-14-11-8-5-2/h7,10,16-17,19-20,23,25-26,28-29,31,33,37,61H,4-6,8-9,11-15,18,21-22,24,27,30,32,34-36,38-60H2,1-3H3/b10-7-,19-16-,20-17-,26-23-,28-25-,31-29-,37-33-. The topological polar surface area (TPSA) is 78.9 Å². The number of carbonyl (C=O) groups is 3. The first-order chi connectivity index (χ1) is 34.5. The molecular weight excluding hydrogens is 865 g/mol. The maximum atomic E-state index is 12.9. The largest absolute Gasteiger partial charge is 0.462 e. The Kier molecular flexibility index (Phi) is 55.3. The number of hydrogen-bond donors (Lipinski definition) is 0. The van der Waals surface area contributed by atoms with Crippen molar-refractivity contribution >= 4 is 17.9 Å². The van der Waals surface area contributed by atoms with E-state index in [1.54, 1.807) is 0 Å². The Balaban J connectivity index is 4.43. The van der Waals surface area contributed by atoms with Crippen LogP contribution in [0, 0.1) is 0 Å². The van der Waals surface area contributed by atoms with Crippen LogP contribution in [-0.2, 0) is 28.6 Å². The maximum Gasteiger partial charge on any atom is 0.306 e. The van der Waals surface area contributed by atoms with E-state index in [0.29, 0.717) is 19.3 Å². The fourth-order valence-electron chi connectivity index (χ4n) is 8.29. The number of rotatable bonds is 53. The third-order valence-corrected chi connectivity index (χ3v) is 12.7. The fraction of sp³-hybridized carbons (Fsp3) is 0.734. The van der Waals surface area contributed by atoms with Crippen molar-refractivity contribution < 1.29 is 28.6 Å². The molecule has 0 rings (SSSR count). The summed E-state index contributed by atoms with van der Waals surface area (Å²) in [6, 6.07) is 0. The van der Waals surface area contributed by atoms with E-state index >= 15 is 0 Å². The molecule has 0 radical (unpaired) electrons. The fourth-order valence-corrected chi connectivity index (χ4v) is 8.29. The van der Waals surface area contributed by atoms with Crippen LogP contribution in [0.1, 0.15) is 284 Å². The van der Waals surface area contributed by atoms with Crippen LogP contribution in [0.2, 0.25) is 0 Å². The zero-order chi connectivity index (χ0) is 50.7. The number of ether oxygens (including phenoxy) is 3. The third-order valence-electron chi connectivity index (χ3n) is 12.7. The molecule has 0 aliphatic carbocycles. The molecule has 0 spiro atoms. The number of esters is 3. The van der Waals surface area contributed by atoms with Crippen molar-refractivity contribution in [3.05, 3.63) is 85.1 Å². The van der Waals surface area contributed by atoms with E-state index in [4.69, 9.17) is 14.2 Å². The van der Waals surface area contributed by atoms with Crippen LogP contribution in [0.15, 0.2) is 85.1 Å². The third kappa shape index (κ3) is 55.5. The van der Waals surface area contributed by atoms with Gasteiger partial charge in [-0.15, -0.1) is 0 Å². The van der Waals surface area contributed by atoms with Gasteiger partial charge in [0.1, 0.15) is 13.2 Å². The lowest BCUT2D eigenvalue weighted by atomic mass is 10.0. The Morgan fingerprint density at radius 2 is 0.614 bits per heavy atom. The number of hydrogen-bond acceptors (Lipinski definition) is 6. The minimum atomic E-state index is -0.791.